The molecule has 0 amide bonds. The zero-order valence-electron chi connectivity index (χ0n) is 11.2. The molecule has 1 heterocycles. The Kier molecular flexibility index (Phi) is 4.65. The van der Waals surface area contributed by atoms with E-state index in [0.717, 1.165) is 5.56 Å². The summed E-state index contributed by atoms with van der Waals surface area (Å²) in [6.45, 7) is 0.306. The molecule has 0 radical (unpaired) electrons. The average Bonchev–Trinajstić information content (AvgIpc) is 2.49. The molecule has 2 N–H and O–H groups in total. The van der Waals surface area contributed by atoms with E-state index in [2.05, 4.69) is 4.98 Å². The van der Waals surface area contributed by atoms with Gasteiger partial charge in [-0.25, -0.2) is 4.98 Å². The first kappa shape index (κ1) is 14.4. The number of pyridine rings is 1. The molecule has 0 saturated heterocycles. The van der Waals surface area contributed by atoms with Crippen LogP contribution >= 0.6 is 11.6 Å². The fourth-order valence-electron chi connectivity index (χ4n) is 1.69. The van der Waals surface area contributed by atoms with Crippen molar-refractivity contribution in [3.05, 3.63) is 41.0 Å². The van der Waals surface area contributed by atoms with Gasteiger partial charge in [-0.3, -0.25) is 0 Å². The van der Waals surface area contributed by atoms with Crippen LogP contribution in [0.2, 0.25) is 5.02 Å². The summed E-state index contributed by atoms with van der Waals surface area (Å²) in [7, 11) is 3.12. The van der Waals surface area contributed by atoms with Gasteiger partial charge in [0.2, 0.25) is 11.6 Å². The predicted molar refractivity (Wildman–Crippen MR) is 76.8 cm³/mol. The summed E-state index contributed by atoms with van der Waals surface area (Å²) in [4.78, 5) is 4.11. The highest BCUT2D eigenvalue weighted by Crippen LogP contribution is 2.39. The molecule has 0 saturated carbocycles. The van der Waals surface area contributed by atoms with Gasteiger partial charge in [-0.1, -0.05) is 17.7 Å². The lowest BCUT2D eigenvalue weighted by Gasteiger charge is -2.13. The number of benzene rings is 1. The highest BCUT2D eigenvalue weighted by molar-refractivity contribution is 6.31. The molecule has 106 valence electrons. The zero-order chi connectivity index (χ0) is 14.5. The van der Waals surface area contributed by atoms with Crippen molar-refractivity contribution in [1.82, 2.24) is 4.98 Å². The summed E-state index contributed by atoms with van der Waals surface area (Å²) < 4.78 is 16.3. The summed E-state index contributed by atoms with van der Waals surface area (Å²) in [6, 6.07) is 7.05. The Balaban J connectivity index is 2.39. The number of halogens is 1. The second-order valence-corrected chi connectivity index (χ2v) is 4.32. The Morgan fingerprint density at radius 2 is 1.85 bits per heavy atom. The van der Waals surface area contributed by atoms with Crippen molar-refractivity contribution < 1.29 is 14.2 Å². The molecule has 0 fully saturated rings. The van der Waals surface area contributed by atoms with Crippen LogP contribution in [0.5, 0.6) is 23.1 Å². The standard InChI is InChI=1S/C14H15ClN2O3/c1-18-11-4-3-5-12(19-2)14(11)20-13-6-9(7-16)10(15)8-17-13/h3-6,8H,7,16H2,1-2H3. The van der Waals surface area contributed by atoms with Crippen molar-refractivity contribution in [3.8, 4) is 23.1 Å². The minimum Gasteiger partial charge on any atom is -0.493 e. The minimum atomic E-state index is 0.306. The Morgan fingerprint density at radius 1 is 1.20 bits per heavy atom. The van der Waals surface area contributed by atoms with Crippen molar-refractivity contribution in [1.29, 1.82) is 0 Å². The smallest absolute Gasteiger partial charge is 0.220 e. The maximum Gasteiger partial charge on any atom is 0.220 e. The van der Waals surface area contributed by atoms with E-state index >= 15 is 0 Å². The van der Waals surface area contributed by atoms with Crippen molar-refractivity contribution in [2.24, 2.45) is 5.73 Å². The molecule has 1 aromatic carbocycles. The van der Waals surface area contributed by atoms with Gasteiger partial charge in [0.1, 0.15) is 0 Å². The number of rotatable bonds is 5. The van der Waals surface area contributed by atoms with E-state index in [1.54, 1.807) is 32.4 Å². The van der Waals surface area contributed by atoms with Crippen LogP contribution in [0.4, 0.5) is 0 Å². The summed E-state index contributed by atoms with van der Waals surface area (Å²) >= 11 is 5.97. The minimum absolute atomic E-state index is 0.306. The van der Waals surface area contributed by atoms with Crippen molar-refractivity contribution in [2.75, 3.05) is 14.2 Å². The van der Waals surface area contributed by atoms with E-state index in [4.69, 9.17) is 31.5 Å². The van der Waals surface area contributed by atoms with Gasteiger partial charge in [-0.2, -0.15) is 0 Å². The van der Waals surface area contributed by atoms with Crippen molar-refractivity contribution in [3.63, 3.8) is 0 Å². The molecule has 6 heteroatoms. The molecule has 0 aliphatic heterocycles. The van der Waals surface area contributed by atoms with E-state index in [0.29, 0.717) is 34.7 Å². The average molecular weight is 295 g/mol. The first-order chi connectivity index (χ1) is 9.69. The molecule has 1 aromatic heterocycles. The lowest BCUT2D eigenvalue weighted by Crippen LogP contribution is -2.00. The van der Waals surface area contributed by atoms with Crippen molar-refractivity contribution in [2.45, 2.75) is 6.54 Å². The lowest BCUT2D eigenvalue weighted by atomic mass is 10.2. The SMILES string of the molecule is COc1cccc(OC)c1Oc1cc(CN)c(Cl)cn1. The maximum absolute atomic E-state index is 5.97. The van der Waals surface area contributed by atoms with Gasteiger partial charge in [0.05, 0.1) is 19.2 Å². The van der Waals surface area contributed by atoms with Crippen LogP contribution in [0.25, 0.3) is 0 Å². The van der Waals surface area contributed by atoms with Gasteiger partial charge in [0.25, 0.3) is 0 Å². The van der Waals surface area contributed by atoms with E-state index in [9.17, 15) is 0 Å². The van der Waals surface area contributed by atoms with Crippen LogP contribution in [0.3, 0.4) is 0 Å². The number of para-hydroxylation sites is 1. The molecule has 0 aliphatic rings. The van der Waals surface area contributed by atoms with E-state index in [1.165, 1.54) is 6.20 Å². The van der Waals surface area contributed by atoms with Crippen LogP contribution in [0.15, 0.2) is 30.5 Å². The highest BCUT2D eigenvalue weighted by atomic mass is 35.5. The highest BCUT2D eigenvalue weighted by Gasteiger charge is 2.13. The number of hydrogen-bond donors (Lipinski definition) is 1. The van der Waals surface area contributed by atoms with Crippen LogP contribution in [0.1, 0.15) is 5.56 Å². The second kappa shape index (κ2) is 6.45. The number of methoxy groups -OCH3 is 2. The van der Waals surface area contributed by atoms with E-state index in [-0.39, 0.29) is 0 Å². The van der Waals surface area contributed by atoms with Gasteiger partial charge in [-0.15, -0.1) is 0 Å². The van der Waals surface area contributed by atoms with Gasteiger partial charge in [0, 0.05) is 18.8 Å². The Hall–Kier alpha value is -1.98. The summed E-state index contributed by atoms with van der Waals surface area (Å²) in [5.74, 6) is 1.93. The molecule has 2 aromatic rings. The molecule has 0 spiro atoms. The number of hydrogen-bond acceptors (Lipinski definition) is 5. The first-order valence-electron chi connectivity index (χ1n) is 5.93. The van der Waals surface area contributed by atoms with Crippen LogP contribution in [0, 0.1) is 0 Å². The number of ether oxygens (including phenoxy) is 3. The molecular formula is C14H15ClN2O3. The molecule has 2 rings (SSSR count). The van der Waals surface area contributed by atoms with Crippen LogP contribution < -0.4 is 19.9 Å². The van der Waals surface area contributed by atoms with Gasteiger partial charge >= 0.3 is 0 Å². The number of nitrogens with zero attached hydrogens (tertiary/aromatic N) is 1. The largest absolute Gasteiger partial charge is 0.493 e. The molecule has 0 bridgehead atoms. The van der Waals surface area contributed by atoms with E-state index in [1.807, 2.05) is 6.07 Å². The first-order valence-corrected chi connectivity index (χ1v) is 6.30. The van der Waals surface area contributed by atoms with Gasteiger partial charge in [0.15, 0.2) is 11.5 Å². The number of aromatic nitrogens is 1. The Morgan fingerprint density at radius 3 is 2.40 bits per heavy atom. The Labute approximate surface area is 122 Å². The molecule has 20 heavy (non-hydrogen) atoms. The normalized spacial score (nSPS) is 10.2. The van der Waals surface area contributed by atoms with Crippen molar-refractivity contribution >= 4 is 11.6 Å². The third-order valence-electron chi connectivity index (χ3n) is 2.72. The lowest BCUT2D eigenvalue weighted by molar-refractivity contribution is 0.342. The summed E-state index contributed by atoms with van der Waals surface area (Å²) in [5.41, 5.74) is 6.36. The molecular weight excluding hydrogens is 280 g/mol. The fraction of sp³-hybridized carbons (Fsp3) is 0.214. The second-order valence-electron chi connectivity index (χ2n) is 3.91. The monoisotopic (exact) mass is 294 g/mol. The van der Waals surface area contributed by atoms with Crippen LogP contribution in [-0.4, -0.2) is 19.2 Å². The molecule has 0 atom stereocenters. The topological polar surface area (TPSA) is 66.6 Å². The number of nitrogens with two attached hydrogens (primary N) is 1. The van der Waals surface area contributed by atoms with Crippen LogP contribution in [-0.2, 0) is 6.54 Å². The third kappa shape index (κ3) is 2.95. The maximum atomic E-state index is 5.97. The zero-order valence-corrected chi connectivity index (χ0v) is 12.0. The van der Waals surface area contributed by atoms with E-state index < -0.39 is 0 Å². The third-order valence-corrected chi connectivity index (χ3v) is 3.06. The molecule has 5 nitrogen and oxygen atoms in total. The molecule has 0 aliphatic carbocycles. The Bertz CT molecular complexity index is 583. The van der Waals surface area contributed by atoms with Gasteiger partial charge in [-0.05, 0) is 17.7 Å². The van der Waals surface area contributed by atoms with Gasteiger partial charge < -0.3 is 19.9 Å². The summed E-state index contributed by atoms with van der Waals surface area (Å²) in [5, 5.41) is 0.506. The fourth-order valence-corrected chi connectivity index (χ4v) is 1.87. The molecule has 0 unspecified atom stereocenters. The quantitative estimate of drug-likeness (QED) is 0.918. The summed E-state index contributed by atoms with van der Waals surface area (Å²) in [6.07, 6.45) is 1.50. The predicted octanol–water partition coefficient (Wildman–Crippen LogP) is 3.00.